The number of carbonyl (C=O) groups excluding carboxylic acids is 2. The van der Waals surface area contributed by atoms with Crippen molar-refractivity contribution in [2.24, 2.45) is 5.73 Å². The number of nitrogens with two attached hydrogens (primary N) is 1. The van der Waals surface area contributed by atoms with Gasteiger partial charge in [-0.15, -0.1) is 11.8 Å². The van der Waals surface area contributed by atoms with Gasteiger partial charge in [-0.05, 0) is 41.8 Å². The maximum atomic E-state index is 12.8. The second-order valence-electron chi connectivity index (χ2n) is 6.60. The Hall–Kier alpha value is -2.44. The van der Waals surface area contributed by atoms with Crippen LogP contribution in [-0.2, 0) is 11.2 Å². The molecule has 0 fully saturated rings. The summed E-state index contributed by atoms with van der Waals surface area (Å²) in [6, 6.07) is 15.2. The van der Waals surface area contributed by atoms with Crippen LogP contribution in [-0.4, -0.2) is 28.6 Å². The minimum Gasteiger partial charge on any atom is -0.369 e. The van der Waals surface area contributed by atoms with E-state index in [0.29, 0.717) is 10.7 Å². The van der Waals surface area contributed by atoms with Crippen LogP contribution < -0.4 is 11.1 Å². The molecule has 7 heteroatoms. The number of thioether (sulfide) groups is 1. The Morgan fingerprint density at radius 3 is 2.85 bits per heavy atom. The predicted octanol–water partition coefficient (Wildman–Crippen LogP) is 3.44. The summed E-state index contributed by atoms with van der Waals surface area (Å²) in [7, 11) is 0. The highest BCUT2D eigenvalue weighted by atomic mass is 35.5. The number of halogens is 1. The lowest BCUT2D eigenvalue weighted by Crippen LogP contribution is -2.37. The first-order chi connectivity index (χ1) is 13.0. The monoisotopic (exact) mass is 399 g/mol. The molecular formula is C20H18ClN3O2S. The summed E-state index contributed by atoms with van der Waals surface area (Å²) in [5.74, 6) is -0.317. The number of carbonyl (C=O) groups is 2. The molecule has 0 radical (unpaired) electrons. The van der Waals surface area contributed by atoms with Gasteiger partial charge in [-0.1, -0.05) is 35.9 Å². The molecule has 0 bridgehead atoms. The molecule has 27 heavy (non-hydrogen) atoms. The van der Waals surface area contributed by atoms with Crippen LogP contribution in [0.25, 0.3) is 10.9 Å². The zero-order chi connectivity index (χ0) is 19.0. The summed E-state index contributed by atoms with van der Waals surface area (Å²) in [6.45, 7) is 0. The number of H-pyrrole nitrogens is 1. The Bertz CT molecular complexity index is 1030. The summed E-state index contributed by atoms with van der Waals surface area (Å²) in [6.07, 6.45) is 0.727. The standard InChI is InChI=1S/C20H18ClN3O2S/c21-13-5-6-15-12(7-13)9-17(23-15)20(26)24-16-8-11-3-1-2-4-14(11)19(16)27-10-18(22)25/h1-7,9,16,19,23H,8,10H2,(H2,22,25)(H,24,26)/t16-,19-/m1/s1. The summed E-state index contributed by atoms with van der Waals surface area (Å²) in [5.41, 5.74) is 9.01. The van der Waals surface area contributed by atoms with Gasteiger partial charge in [-0.2, -0.15) is 0 Å². The number of fused-ring (bicyclic) bond motifs is 2. The maximum Gasteiger partial charge on any atom is 0.268 e. The fourth-order valence-electron chi connectivity index (χ4n) is 3.53. The first-order valence-electron chi connectivity index (χ1n) is 8.58. The van der Waals surface area contributed by atoms with E-state index in [1.165, 1.54) is 17.3 Å². The molecule has 2 amide bonds. The normalized spacial score (nSPS) is 18.4. The van der Waals surface area contributed by atoms with Crippen molar-refractivity contribution in [3.05, 3.63) is 70.4 Å². The molecule has 138 valence electrons. The van der Waals surface area contributed by atoms with E-state index in [1.54, 1.807) is 12.1 Å². The largest absolute Gasteiger partial charge is 0.369 e. The van der Waals surface area contributed by atoms with Gasteiger partial charge in [0.15, 0.2) is 0 Å². The molecule has 2 atom stereocenters. The zero-order valence-corrected chi connectivity index (χ0v) is 15.9. The fraction of sp³-hybridized carbons (Fsp3) is 0.200. The van der Waals surface area contributed by atoms with Crippen LogP contribution in [0.5, 0.6) is 0 Å². The Kier molecular flexibility index (Phi) is 4.85. The lowest BCUT2D eigenvalue weighted by atomic mass is 10.1. The zero-order valence-electron chi connectivity index (χ0n) is 14.4. The van der Waals surface area contributed by atoms with Crippen molar-refractivity contribution in [3.63, 3.8) is 0 Å². The van der Waals surface area contributed by atoms with Crippen LogP contribution in [0.15, 0.2) is 48.5 Å². The first kappa shape index (κ1) is 17.9. The van der Waals surface area contributed by atoms with Gasteiger partial charge in [0.05, 0.1) is 11.0 Å². The van der Waals surface area contributed by atoms with Gasteiger partial charge in [0.25, 0.3) is 5.91 Å². The van der Waals surface area contributed by atoms with Gasteiger partial charge in [0.2, 0.25) is 5.91 Å². The number of rotatable bonds is 5. The number of hydrogen-bond donors (Lipinski definition) is 3. The molecule has 0 saturated carbocycles. The molecule has 2 aromatic carbocycles. The number of benzene rings is 2. The Labute approximate surface area is 165 Å². The summed E-state index contributed by atoms with van der Waals surface area (Å²) >= 11 is 7.49. The molecule has 1 aromatic heterocycles. The number of hydrogen-bond acceptors (Lipinski definition) is 3. The van der Waals surface area contributed by atoms with Crippen LogP contribution >= 0.6 is 23.4 Å². The van der Waals surface area contributed by atoms with Crippen molar-refractivity contribution in [3.8, 4) is 0 Å². The SMILES string of the molecule is NC(=O)CS[C@@H]1c2ccccc2C[C@H]1NC(=O)c1cc2cc(Cl)ccc2[nH]1. The second kappa shape index (κ2) is 7.29. The molecule has 3 aromatic rings. The highest BCUT2D eigenvalue weighted by molar-refractivity contribution is 8.00. The third kappa shape index (κ3) is 3.68. The average molecular weight is 400 g/mol. The number of primary amides is 1. The summed E-state index contributed by atoms with van der Waals surface area (Å²) < 4.78 is 0. The number of aromatic nitrogens is 1. The molecule has 1 heterocycles. The number of aromatic amines is 1. The topological polar surface area (TPSA) is 88.0 Å². The smallest absolute Gasteiger partial charge is 0.268 e. The number of amides is 2. The molecule has 0 aliphatic heterocycles. The van der Waals surface area contributed by atoms with E-state index in [9.17, 15) is 9.59 Å². The Morgan fingerprint density at radius 1 is 1.22 bits per heavy atom. The third-order valence-electron chi connectivity index (χ3n) is 4.72. The minimum absolute atomic E-state index is 0.00327. The predicted molar refractivity (Wildman–Crippen MR) is 109 cm³/mol. The molecule has 4 rings (SSSR count). The second-order valence-corrected chi connectivity index (χ2v) is 8.16. The van der Waals surface area contributed by atoms with E-state index in [0.717, 1.165) is 22.9 Å². The van der Waals surface area contributed by atoms with Crippen molar-refractivity contribution in [2.45, 2.75) is 17.7 Å². The van der Waals surface area contributed by atoms with E-state index in [1.807, 2.05) is 30.3 Å². The van der Waals surface area contributed by atoms with Crippen molar-refractivity contribution in [1.29, 1.82) is 0 Å². The van der Waals surface area contributed by atoms with Gasteiger partial charge < -0.3 is 16.0 Å². The van der Waals surface area contributed by atoms with Crippen LogP contribution in [0.3, 0.4) is 0 Å². The highest BCUT2D eigenvalue weighted by Gasteiger charge is 2.34. The lowest BCUT2D eigenvalue weighted by Gasteiger charge is -2.20. The van der Waals surface area contributed by atoms with Gasteiger partial charge in [-0.25, -0.2) is 0 Å². The van der Waals surface area contributed by atoms with Crippen molar-refractivity contribution in [1.82, 2.24) is 10.3 Å². The molecule has 1 aliphatic rings. The van der Waals surface area contributed by atoms with E-state index >= 15 is 0 Å². The maximum absolute atomic E-state index is 12.8. The molecule has 5 nitrogen and oxygen atoms in total. The Morgan fingerprint density at radius 2 is 2.04 bits per heavy atom. The van der Waals surface area contributed by atoms with Crippen molar-refractivity contribution in [2.75, 3.05) is 5.75 Å². The Balaban J connectivity index is 1.56. The average Bonchev–Trinajstić information content (AvgIpc) is 3.20. The van der Waals surface area contributed by atoms with Crippen molar-refractivity contribution < 1.29 is 9.59 Å². The molecular weight excluding hydrogens is 382 g/mol. The minimum atomic E-state index is -0.359. The van der Waals surface area contributed by atoms with Gasteiger partial charge >= 0.3 is 0 Å². The number of nitrogens with one attached hydrogen (secondary N) is 2. The summed E-state index contributed by atoms with van der Waals surface area (Å²) in [4.78, 5) is 27.2. The van der Waals surface area contributed by atoms with E-state index in [2.05, 4.69) is 16.4 Å². The quantitative estimate of drug-likeness (QED) is 0.614. The van der Waals surface area contributed by atoms with Crippen LogP contribution in [0.4, 0.5) is 0 Å². The molecule has 4 N–H and O–H groups in total. The van der Waals surface area contributed by atoms with Crippen LogP contribution in [0.2, 0.25) is 5.02 Å². The molecule has 0 saturated heterocycles. The van der Waals surface area contributed by atoms with E-state index < -0.39 is 0 Å². The van der Waals surface area contributed by atoms with Crippen molar-refractivity contribution >= 4 is 46.1 Å². The molecule has 1 aliphatic carbocycles. The molecule has 0 unspecified atom stereocenters. The van der Waals surface area contributed by atoms with Gasteiger partial charge in [-0.3, -0.25) is 9.59 Å². The lowest BCUT2D eigenvalue weighted by molar-refractivity contribution is -0.115. The molecule has 0 spiro atoms. The van der Waals surface area contributed by atoms with Crippen LogP contribution in [0, 0.1) is 0 Å². The third-order valence-corrected chi connectivity index (χ3v) is 6.34. The fourth-order valence-corrected chi connectivity index (χ4v) is 4.87. The highest BCUT2D eigenvalue weighted by Crippen LogP contribution is 2.41. The van der Waals surface area contributed by atoms with Gasteiger partial charge in [0.1, 0.15) is 5.69 Å². The van der Waals surface area contributed by atoms with E-state index in [-0.39, 0.29) is 28.9 Å². The first-order valence-corrected chi connectivity index (χ1v) is 10.0. The van der Waals surface area contributed by atoms with Gasteiger partial charge in [0, 0.05) is 22.0 Å². The van der Waals surface area contributed by atoms with Crippen LogP contribution in [0.1, 0.15) is 26.9 Å². The van der Waals surface area contributed by atoms with E-state index in [4.69, 9.17) is 17.3 Å². The summed E-state index contributed by atoms with van der Waals surface area (Å²) in [5, 5.41) is 4.63.